The van der Waals surface area contributed by atoms with Crippen LogP contribution < -0.4 is 10.4 Å². The number of rotatable bonds is 9. The summed E-state index contributed by atoms with van der Waals surface area (Å²) in [6, 6.07) is 20.2. The van der Waals surface area contributed by atoms with E-state index in [1.165, 1.54) is 0 Å². The van der Waals surface area contributed by atoms with Gasteiger partial charge in [0, 0.05) is 0 Å². The Bertz CT molecular complexity index is 818. The van der Waals surface area contributed by atoms with Crippen LogP contribution in [0.1, 0.15) is 20.8 Å². The van der Waals surface area contributed by atoms with Crippen LogP contribution in [-0.4, -0.2) is 35.5 Å². The van der Waals surface area contributed by atoms with Crippen LogP contribution in [-0.2, 0) is 18.4 Å². The lowest BCUT2D eigenvalue weighted by Crippen LogP contribution is -2.54. The maximum Gasteiger partial charge on any atom is 0.338 e. The molecule has 0 aromatic heterocycles. The van der Waals surface area contributed by atoms with Crippen molar-refractivity contribution in [2.75, 3.05) is 6.61 Å². The van der Waals surface area contributed by atoms with Gasteiger partial charge in [-0.25, -0.2) is 4.79 Å². The number of esters is 1. The second kappa shape index (κ2) is 10.1. The maximum absolute atomic E-state index is 12.8. The summed E-state index contributed by atoms with van der Waals surface area (Å²) >= 11 is 0. The van der Waals surface area contributed by atoms with Crippen molar-refractivity contribution in [1.82, 2.24) is 0 Å². The molecule has 0 heterocycles. The van der Waals surface area contributed by atoms with Crippen LogP contribution in [0.25, 0.3) is 0 Å². The number of benzene rings is 2. The average molecular weight is 457 g/mol. The predicted molar refractivity (Wildman–Crippen MR) is 133 cm³/mol. The summed E-state index contributed by atoms with van der Waals surface area (Å²) in [4.78, 5) is 12.8. The second-order valence-corrected chi connectivity index (χ2v) is 17.6. The van der Waals surface area contributed by atoms with E-state index in [-0.39, 0.29) is 11.0 Å². The van der Waals surface area contributed by atoms with Gasteiger partial charge < -0.3 is 13.6 Å². The fourth-order valence-corrected chi connectivity index (χ4v) is 6.80. The Balaban J connectivity index is 2.30. The number of carbonyl (C=O) groups is 1. The first kappa shape index (κ1) is 25.3. The molecule has 0 unspecified atom stereocenters. The fraction of sp³-hybridized carbons (Fsp3) is 0.400. The number of hydrogen-bond acceptors (Lipinski definition) is 4. The summed E-state index contributed by atoms with van der Waals surface area (Å²) in [6.45, 7) is 18.8. The first-order valence-electron chi connectivity index (χ1n) is 10.6. The lowest BCUT2D eigenvalue weighted by molar-refractivity contribution is -0.144. The first-order chi connectivity index (χ1) is 14.3. The smallest absolute Gasteiger partial charge is 0.338 e. The zero-order valence-electron chi connectivity index (χ0n) is 19.9. The third-order valence-electron chi connectivity index (χ3n) is 4.92. The number of carbonyl (C=O) groups excluding carboxylic acids is 1. The van der Waals surface area contributed by atoms with Gasteiger partial charge in [0.25, 0.3) is 0 Å². The molecule has 4 nitrogen and oxygen atoms in total. The van der Waals surface area contributed by atoms with E-state index in [1.807, 2.05) is 57.2 Å². The second-order valence-electron chi connectivity index (χ2n) is 9.98. The Morgan fingerprint density at radius 3 is 1.58 bits per heavy atom. The maximum atomic E-state index is 12.8. The third-order valence-corrected chi connectivity index (χ3v) is 9.98. The summed E-state index contributed by atoms with van der Waals surface area (Å²) in [6.07, 6.45) is -0.865. The van der Waals surface area contributed by atoms with Gasteiger partial charge in [0.15, 0.2) is 6.29 Å². The summed E-state index contributed by atoms with van der Waals surface area (Å²) in [5.74, 6) is -0.476. The molecule has 0 amide bonds. The Morgan fingerprint density at radius 1 is 0.839 bits per heavy atom. The van der Waals surface area contributed by atoms with E-state index in [4.69, 9.17) is 13.6 Å². The van der Waals surface area contributed by atoms with Crippen molar-refractivity contribution in [2.24, 2.45) is 5.41 Å². The standard InChI is InChI=1S/C25H36O4Si2/c1-20(23(26)27-19-25(2,3)4)24(28-30(5,6)21-15-11-9-12-16-21)29-31(7,8)22-17-13-10-14-18-22/h9-18,24H,1,19H2,2-8H3. The van der Waals surface area contributed by atoms with E-state index >= 15 is 0 Å². The molecule has 0 bridgehead atoms. The fourth-order valence-electron chi connectivity index (χ4n) is 2.99. The molecule has 0 aliphatic rings. The molecule has 0 atom stereocenters. The van der Waals surface area contributed by atoms with Gasteiger partial charge in [0.2, 0.25) is 16.6 Å². The van der Waals surface area contributed by atoms with E-state index in [2.05, 4.69) is 57.0 Å². The van der Waals surface area contributed by atoms with Gasteiger partial charge in [0.1, 0.15) is 0 Å². The van der Waals surface area contributed by atoms with Gasteiger partial charge in [-0.15, -0.1) is 0 Å². The van der Waals surface area contributed by atoms with E-state index in [9.17, 15) is 4.79 Å². The molecule has 0 saturated carbocycles. The molecule has 0 aliphatic carbocycles. The van der Waals surface area contributed by atoms with Gasteiger partial charge in [-0.1, -0.05) is 88.0 Å². The minimum Gasteiger partial charge on any atom is -0.462 e. The van der Waals surface area contributed by atoms with Crippen LogP contribution in [0.5, 0.6) is 0 Å². The quantitative estimate of drug-likeness (QED) is 0.237. The van der Waals surface area contributed by atoms with Gasteiger partial charge in [-0.2, -0.15) is 0 Å². The lowest BCUT2D eigenvalue weighted by atomic mass is 9.99. The first-order valence-corrected chi connectivity index (χ1v) is 16.5. The molecule has 0 saturated heterocycles. The van der Waals surface area contributed by atoms with Gasteiger partial charge in [-0.3, -0.25) is 0 Å². The highest BCUT2D eigenvalue weighted by Gasteiger charge is 2.38. The Labute approximate surface area is 189 Å². The Kier molecular flexibility index (Phi) is 8.22. The molecule has 168 valence electrons. The summed E-state index contributed by atoms with van der Waals surface area (Å²) in [7, 11) is -4.77. The zero-order valence-corrected chi connectivity index (χ0v) is 21.9. The number of ether oxygens (including phenoxy) is 1. The Hall–Kier alpha value is -2.00. The van der Waals surface area contributed by atoms with E-state index in [0.29, 0.717) is 6.61 Å². The van der Waals surface area contributed by atoms with Gasteiger partial charge in [0.05, 0.1) is 12.2 Å². The number of hydrogen-bond donors (Lipinski definition) is 0. The Morgan fingerprint density at radius 2 is 1.23 bits per heavy atom. The molecule has 2 aromatic carbocycles. The van der Waals surface area contributed by atoms with Crippen molar-refractivity contribution in [3.8, 4) is 0 Å². The van der Waals surface area contributed by atoms with Crippen LogP contribution in [0, 0.1) is 5.41 Å². The predicted octanol–water partition coefficient (Wildman–Crippen LogP) is 4.72. The minimum absolute atomic E-state index is 0.136. The summed E-state index contributed by atoms with van der Waals surface area (Å²) in [5.41, 5.74) is 0.0702. The highest BCUT2D eigenvalue weighted by atomic mass is 28.4. The largest absolute Gasteiger partial charge is 0.462 e. The molecule has 2 rings (SSSR count). The molecule has 6 heteroatoms. The van der Waals surface area contributed by atoms with Crippen LogP contribution in [0.4, 0.5) is 0 Å². The molecule has 31 heavy (non-hydrogen) atoms. The molecular weight excluding hydrogens is 420 g/mol. The van der Waals surface area contributed by atoms with Crippen molar-refractivity contribution in [3.05, 3.63) is 72.8 Å². The van der Waals surface area contributed by atoms with Crippen molar-refractivity contribution in [3.63, 3.8) is 0 Å². The van der Waals surface area contributed by atoms with E-state index in [0.717, 1.165) is 10.4 Å². The van der Waals surface area contributed by atoms with Crippen molar-refractivity contribution < 1.29 is 18.4 Å². The minimum atomic E-state index is -2.38. The monoisotopic (exact) mass is 456 g/mol. The molecule has 0 spiro atoms. The highest BCUT2D eigenvalue weighted by Crippen LogP contribution is 2.22. The topological polar surface area (TPSA) is 44.8 Å². The van der Waals surface area contributed by atoms with Crippen LogP contribution in [0.15, 0.2) is 72.8 Å². The average Bonchev–Trinajstić information content (AvgIpc) is 2.71. The molecule has 0 aliphatic heterocycles. The van der Waals surface area contributed by atoms with Crippen molar-refractivity contribution in [1.29, 1.82) is 0 Å². The summed E-state index contributed by atoms with van der Waals surface area (Å²) in [5, 5.41) is 2.25. The van der Waals surface area contributed by atoms with Crippen LogP contribution in [0.2, 0.25) is 26.2 Å². The van der Waals surface area contributed by atoms with E-state index in [1.54, 1.807) is 0 Å². The lowest BCUT2D eigenvalue weighted by Gasteiger charge is -2.35. The molecule has 0 radical (unpaired) electrons. The SMILES string of the molecule is C=C(C(=O)OCC(C)(C)C)C(O[Si](C)(C)c1ccccc1)O[Si](C)(C)c1ccccc1. The molecule has 2 aromatic rings. The molecular formula is C25H36O4Si2. The van der Waals surface area contributed by atoms with Crippen LogP contribution >= 0.6 is 0 Å². The zero-order chi connectivity index (χ0) is 23.3. The van der Waals surface area contributed by atoms with Crippen molar-refractivity contribution in [2.45, 2.75) is 53.2 Å². The highest BCUT2D eigenvalue weighted by molar-refractivity contribution is 6.85. The summed E-state index contributed by atoms with van der Waals surface area (Å²) < 4.78 is 18.6. The van der Waals surface area contributed by atoms with Crippen LogP contribution in [0.3, 0.4) is 0 Å². The normalized spacial score (nSPS) is 12.6. The third kappa shape index (κ3) is 7.57. The van der Waals surface area contributed by atoms with Crippen molar-refractivity contribution >= 4 is 33.0 Å². The van der Waals surface area contributed by atoms with Gasteiger partial charge in [-0.05, 0) is 42.0 Å². The van der Waals surface area contributed by atoms with E-state index < -0.39 is 28.9 Å². The molecule has 0 fully saturated rings. The van der Waals surface area contributed by atoms with Gasteiger partial charge >= 0.3 is 5.97 Å². The molecule has 0 N–H and O–H groups in total.